The molecule has 0 fully saturated rings. The number of nitrogens with two attached hydrogens (primary N) is 1. The molecular weight excluding hydrogens is 208 g/mol. The minimum atomic E-state index is -0.710. The highest BCUT2D eigenvalue weighted by Gasteiger charge is 2.24. The van der Waals surface area contributed by atoms with Crippen LogP contribution in [0.2, 0.25) is 0 Å². The van der Waals surface area contributed by atoms with Gasteiger partial charge < -0.3 is 10.8 Å². The van der Waals surface area contributed by atoms with E-state index in [0.717, 1.165) is 30.4 Å². The van der Waals surface area contributed by atoms with Gasteiger partial charge in [-0.2, -0.15) is 0 Å². The summed E-state index contributed by atoms with van der Waals surface area (Å²) in [6, 6.07) is 4.29. The second kappa shape index (κ2) is 4.19. The van der Waals surface area contributed by atoms with E-state index >= 15 is 0 Å². The predicted molar refractivity (Wildman–Crippen MR) is 59.0 cm³/mol. The van der Waals surface area contributed by atoms with E-state index in [1.54, 1.807) is 6.07 Å². The fraction of sp³-hybridized carbons (Fsp3) is 0.455. The maximum absolute atomic E-state index is 10.6. The number of hydrogen-bond acceptors (Lipinski definition) is 4. The summed E-state index contributed by atoms with van der Waals surface area (Å²) in [5, 5.41) is 20.6. The highest BCUT2D eigenvalue weighted by molar-refractivity contribution is 5.42. The molecule has 2 atom stereocenters. The van der Waals surface area contributed by atoms with Gasteiger partial charge in [0.25, 0.3) is 5.69 Å². The van der Waals surface area contributed by atoms with Crippen molar-refractivity contribution in [2.75, 3.05) is 0 Å². The first-order valence-electron chi connectivity index (χ1n) is 5.30. The fourth-order valence-corrected chi connectivity index (χ4v) is 2.13. The molecule has 0 bridgehead atoms. The summed E-state index contributed by atoms with van der Waals surface area (Å²) in [5.74, 6) is 0. The van der Waals surface area contributed by atoms with Gasteiger partial charge in [0.05, 0.1) is 11.0 Å². The lowest BCUT2D eigenvalue weighted by Crippen LogP contribution is -2.27. The number of aryl methyl sites for hydroxylation is 1. The molecule has 5 nitrogen and oxygen atoms in total. The van der Waals surface area contributed by atoms with Crippen molar-refractivity contribution in [3.63, 3.8) is 0 Å². The molecule has 0 saturated carbocycles. The second-order valence-electron chi connectivity index (χ2n) is 4.14. The van der Waals surface area contributed by atoms with Crippen LogP contribution in [-0.2, 0) is 6.42 Å². The zero-order valence-corrected chi connectivity index (χ0v) is 8.80. The predicted octanol–water partition coefficient (Wildman–Crippen LogP) is 1.29. The van der Waals surface area contributed by atoms with Crippen LogP contribution < -0.4 is 5.73 Å². The van der Waals surface area contributed by atoms with Crippen LogP contribution in [0.25, 0.3) is 0 Å². The number of aliphatic hydroxyl groups is 1. The van der Waals surface area contributed by atoms with E-state index < -0.39 is 11.0 Å². The number of hydrogen-bond donors (Lipinski definition) is 2. The molecule has 1 aromatic rings. The van der Waals surface area contributed by atoms with Crippen molar-refractivity contribution in [2.45, 2.75) is 31.4 Å². The molecule has 1 aromatic carbocycles. The third kappa shape index (κ3) is 1.91. The molecule has 5 heteroatoms. The molecule has 0 spiro atoms. The minimum Gasteiger partial charge on any atom is -0.387 e. The fourth-order valence-electron chi connectivity index (χ4n) is 2.13. The lowest BCUT2D eigenvalue weighted by molar-refractivity contribution is -0.384. The first-order valence-corrected chi connectivity index (χ1v) is 5.30. The highest BCUT2D eigenvalue weighted by atomic mass is 16.6. The molecule has 3 N–H and O–H groups in total. The van der Waals surface area contributed by atoms with Crippen LogP contribution in [0.4, 0.5) is 5.69 Å². The van der Waals surface area contributed by atoms with Crippen molar-refractivity contribution >= 4 is 5.69 Å². The van der Waals surface area contributed by atoms with Gasteiger partial charge in [-0.05, 0) is 36.5 Å². The zero-order chi connectivity index (χ0) is 11.7. The van der Waals surface area contributed by atoms with Gasteiger partial charge in [-0.15, -0.1) is 0 Å². The Kier molecular flexibility index (Phi) is 2.89. The van der Waals surface area contributed by atoms with Crippen LogP contribution in [0.5, 0.6) is 0 Å². The minimum absolute atomic E-state index is 0.0708. The Morgan fingerprint density at radius 3 is 2.94 bits per heavy atom. The van der Waals surface area contributed by atoms with Crippen molar-refractivity contribution in [3.05, 3.63) is 39.4 Å². The Morgan fingerprint density at radius 2 is 2.25 bits per heavy atom. The van der Waals surface area contributed by atoms with Crippen LogP contribution in [0.3, 0.4) is 0 Å². The van der Waals surface area contributed by atoms with E-state index in [9.17, 15) is 15.2 Å². The lowest BCUT2D eigenvalue weighted by atomic mass is 9.99. The van der Waals surface area contributed by atoms with Gasteiger partial charge >= 0.3 is 0 Å². The lowest BCUT2D eigenvalue weighted by Gasteiger charge is -2.17. The van der Waals surface area contributed by atoms with Crippen molar-refractivity contribution in [1.29, 1.82) is 0 Å². The molecule has 0 unspecified atom stereocenters. The zero-order valence-electron chi connectivity index (χ0n) is 8.80. The number of nitro groups is 1. The molecule has 1 aliphatic carbocycles. The first-order chi connectivity index (χ1) is 7.59. The third-order valence-electron chi connectivity index (χ3n) is 3.05. The number of fused-ring (bicyclic) bond motifs is 1. The quantitative estimate of drug-likeness (QED) is 0.425. The summed E-state index contributed by atoms with van der Waals surface area (Å²) in [7, 11) is 0. The molecule has 0 saturated heterocycles. The average molecular weight is 222 g/mol. The van der Waals surface area contributed by atoms with Crippen molar-refractivity contribution in [3.8, 4) is 0 Å². The molecule has 16 heavy (non-hydrogen) atoms. The molecule has 86 valence electrons. The molecule has 0 aliphatic heterocycles. The normalized spacial score (nSPS) is 24.6. The van der Waals surface area contributed by atoms with Crippen LogP contribution in [0, 0.1) is 10.1 Å². The van der Waals surface area contributed by atoms with Gasteiger partial charge in [-0.3, -0.25) is 10.1 Å². The summed E-state index contributed by atoms with van der Waals surface area (Å²) in [4.78, 5) is 10.2. The van der Waals surface area contributed by atoms with E-state index in [1.165, 1.54) is 12.1 Å². The Balaban J connectivity index is 2.43. The smallest absolute Gasteiger partial charge is 0.269 e. The van der Waals surface area contributed by atoms with E-state index in [1.807, 2.05) is 0 Å². The van der Waals surface area contributed by atoms with Gasteiger partial charge in [-0.25, -0.2) is 0 Å². The molecule has 0 aromatic heterocycles. The van der Waals surface area contributed by atoms with Crippen LogP contribution in [0.1, 0.15) is 30.1 Å². The summed E-state index contributed by atoms with van der Waals surface area (Å²) in [6.45, 7) is 0. The molecule has 2 rings (SSSR count). The number of nitrogens with zero attached hydrogens (tertiary/aromatic N) is 1. The maximum Gasteiger partial charge on any atom is 0.269 e. The largest absolute Gasteiger partial charge is 0.387 e. The number of aliphatic hydroxyl groups excluding tert-OH is 1. The van der Waals surface area contributed by atoms with Crippen LogP contribution in [0.15, 0.2) is 18.2 Å². The monoisotopic (exact) mass is 222 g/mol. The SMILES string of the molecule is N[C@@H]1CCCc2cc([N+](=O)[O-])ccc2[C@H]1O. The maximum atomic E-state index is 10.6. The Morgan fingerprint density at radius 1 is 1.50 bits per heavy atom. The summed E-state index contributed by atoms with van der Waals surface area (Å²) in [5.41, 5.74) is 7.45. The van der Waals surface area contributed by atoms with Gasteiger partial charge in [0.15, 0.2) is 0 Å². The summed E-state index contributed by atoms with van der Waals surface area (Å²) >= 11 is 0. The van der Waals surface area contributed by atoms with Gasteiger partial charge in [0.1, 0.15) is 0 Å². The summed E-state index contributed by atoms with van der Waals surface area (Å²) < 4.78 is 0. The average Bonchev–Trinajstić information content (AvgIpc) is 2.40. The Hall–Kier alpha value is -1.46. The second-order valence-corrected chi connectivity index (χ2v) is 4.14. The van der Waals surface area contributed by atoms with E-state index in [-0.39, 0.29) is 11.7 Å². The molecule has 0 heterocycles. The summed E-state index contributed by atoms with van der Waals surface area (Å²) in [6.07, 6.45) is 1.62. The van der Waals surface area contributed by atoms with Gasteiger partial charge in [0, 0.05) is 18.2 Å². The van der Waals surface area contributed by atoms with Crippen molar-refractivity contribution < 1.29 is 10.0 Å². The van der Waals surface area contributed by atoms with Gasteiger partial charge in [0.2, 0.25) is 0 Å². The Labute approximate surface area is 93.0 Å². The topological polar surface area (TPSA) is 89.4 Å². The highest BCUT2D eigenvalue weighted by Crippen LogP contribution is 2.30. The number of non-ortho nitro benzene ring substituents is 1. The van der Waals surface area contributed by atoms with Gasteiger partial charge in [-0.1, -0.05) is 0 Å². The first kappa shape index (κ1) is 11.0. The molecular formula is C11H14N2O3. The van der Waals surface area contributed by atoms with Crippen molar-refractivity contribution in [1.82, 2.24) is 0 Å². The number of benzene rings is 1. The standard InChI is InChI=1S/C11H14N2O3/c12-10-3-1-2-7-6-8(13(15)16)4-5-9(7)11(10)14/h4-6,10-11,14H,1-3,12H2/t10-,11-/m1/s1. The van der Waals surface area contributed by atoms with E-state index in [4.69, 9.17) is 5.73 Å². The van der Waals surface area contributed by atoms with E-state index in [2.05, 4.69) is 0 Å². The molecule has 0 radical (unpaired) electrons. The number of rotatable bonds is 1. The Bertz CT molecular complexity index is 420. The molecule has 1 aliphatic rings. The number of nitro benzene ring substituents is 1. The van der Waals surface area contributed by atoms with E-state index in [0.29, 0.717) is 0 Å². The molecule has 0 amide bonds. The van der Waals surface area contributed by atoms with Crippen LogP contribution in [-0.4, -0.2) is 16.1 Å². The van der Waals surface area contributed by atoms with Crippen molar-refractivity contribution in [2.24, 2.45) is 5.73 Å². The third-order valence-corrected chi connectivity index (χ3v) is 3.05. The van der Waals surface area contributed by atoms with Crippen LogP contribution >= 0.6 is 0 Å².